The van der Waals surface area contributed by atoms with E-state index in [1.54, 1.807) is 0 Å². The lowest BCUT2D eigenvalue weighted by Gasteiger charge is -2.34. The number of ether oxygens (including phenoxy) is 1. The molecule has 5 heteroatoms. The third-order valence-corrected chi connectivity index (χ3v) is 3.44. The first-order valence-corrected chi connectivity index (χ1v) is 6.20. The Kier molecular flexibility index (Phi) is 4.21. The smallest absolute Gasteiger partial charge is 0.105 e. The second kappa shape index (κ2) is 5.66. The number of halogens is 1. The molecule has 0 aromatic carbocycles. The van der Waals surface area contributed by atoms with Crippen molar-refractivity contribution in [2.45, 2.75) is 19.5 Å². The number of hydrogen-bond acceptors (Lipinski definition) is 3. The third kappa shape index (κ3) is 2.75. The highest BCUT2D eigenvalue weighted by Crippen LogP contribution is 2.09. The van der Waals surface area contributed by atoms with Crippen molar-refractivity contribution in [3.05, 3.63) is 18.2 Å². The van der Waals surface area contributed by atoms with Crippen molar-refractivity contribution in [2.24, 2.45) is 0 Å². The summed E-state index contributed by atoms with van der Waals surface area (Å²) in [4.78, 5) is 6.61. The van der Waals surface area contributed by atoms with Crippen molar-refractivity contribution in [3.63, 3.8) is 0 Å². The van der Waals surface area contributed by atoms with Gasteiger partial charge in [0.15, 0.2) is 0 Å². The average molecular weight is 244 g/mol. The molecule has 90 valence electrons. The SMILES string of the molecule is Cc1nccn1CCN1CCOCC1CCl. The largest absolute Gasteiger partial charge is 0.378 e. The molecule has 1 aromatic heterocycles. The van der Waals surface area contributed by atoms with Crippen LogP contribution in [-0.4, -0.2) is 52.7 Å². The first-order valence-electron chi connectivity index (χ1n) is 5.66. The lowest BCUT2D eigenvalue weighted by Crippen LogP contribution is -2.47. The van der Waals surface area contributed by atoms with Crippen molar-refractivity contribution in [2.75, 3.05) is 32.2 Å². The summed E-state index contributed by atoms with van der Waals surface area (Å²) in [6, 6.07) is 0.360. The molecule has 1 aliphatic rings. The zero-order valence-electron chi connectivity index (χ0n) is 9.60. The van der Waals surface area contributed by atoms with Gasteiger partial charge in [-0.15, -0.1) is 11.6 Å². The van der Waals surface area contributed by atoms with Gasteiger partial charge in [-0.25, -0.2) is 4.98 Å². The van der Waals surface area contributed by atoms with Gasteiger partial charge in [0.2, 0.25) is 0 Å². The highest BCUT2D eigenvalue weighted by atomic mass is 35.5. The molecule has 2 heterocycles. The van der Waals surface area contributed by atoms with E-state index < -0.39 is 0 Å². The highest BCUT2D eigenvalue weighted by Gasteiger charge is 2.21. The Balaban J connectivity index is 1.86. The monoisotopic (exact) mass is 243 g/mol. The summed E-state index contributed by atoms with van der Waals surface area (Å²) < 4.78 is 7.59. The number of nitrogens with zero attached hydrogens (tertiary/aromatic N) is 3. The van der Waals surface area contributed by atoms with Crippen LogP contribution in [0, 0.1) is 6.92 Å². The minimum atomic E-state index is 0.360. The fraction of sp³-hybridized carbons (Fsp3) is 0.727. The van der Waals surface area contributed by atoms with Crippen molar-refractivity contribution < 1.29 is 4.74 Å². The van der Waals surface area contributed by atoms with E-state index in [0.29, 0.717) is 11.9 Å². The molecule has 1 aromatic rings. The standard InChI is InChI=1S/C11H18ClN3O/c1-10-13-2-3-14(10)4-5-15-6-7-16-9-11(15)8-12/h2-3,11H,4-9H2,1H3. The van der Waals surface area contributed by atoms with Gasteiger partial charge in [-0.2, -0.15) is 0 Å². The second-order valence-electron chi connectivity index (χ2n) is 4.09. The van der Waals surface area contributed by atoms with E-state index in [1.807, 2.05) is 19.3 Å². The van der Waals surface area contributed by atoms with E-state index >= 15 is 0 Å². The minimum Gasteiger partial charge on any atom is -0.378 e. The van der Waals surface area contributed by atoms with E-state index in [9.17, 15) is 0 Å². The van der Waals surface area contributed by atoms with E-state index in [-0.39, 0.29) is 0 Å². The predicted octanol–water partition coefficient (Wildman–Crippen LogP) is 1.13. The molecule has 2 rings (SSSR count). The highest BCUT2D eigenvalue weighted by molar-refractivity contribution is 6.18. The van der Waals surface area contributed by atoms with Gasteiger partial charge in [-0.1, -0.05) is 0 Å². The van der Waals surface area contributed by atoms with Gasteiger partial charge in [0.1, 0.15) is 5.82 Å². The molecule has 0 saturated carbocycles. The number of aryl methyl sites for hydroxylation is 1. The van der Waals surface area contributed by atoms with Gasteiger partial charge < -0.3 is 9.30 Å². The normalized spacial score (nSPS) is 22.5. The molecule has 16 heavy (non-hydrogen) atoms. The van der Waals surface area contributed by atoms with E-state index in [4.69, 9.17) is 16.3 Å². The zero-order valence-corrected chi connectivity index (χ0v) is 10.4. The molecule has 1 unspecified atom stereocenters. The molecule has 0 spiro atoms. The number of imidazole rings is 1. The van der Waals surface area contributed by atoms with Crippen LogP contribution in [0.2, 0.25) is 0 Å². The van der Waals surface area contributed by atoms with Crippen LogP contribution < -0.4 is 0 Å². The maximum Gasteiger partial charge on any atom is 0.105 e. The number of aromatic nitrogens is 2. The Morgan fingerprint density at radius 3 is 3.12 bits per heavy atom. The molecule has 0 amide bonds. The molecule has 0 N–H and O–H groups in total. The summed E-state index contributed by atoms with van der Waals surface area (Å²) in [5.74, 6) is 1.71. The van der Waals surface area contributed by atoms with Gasteiger partial charge in [-0.3, -0.25) is 4.90 Å². The van der Waals surface area contributed by atoms with Gasteiger partial charge >= 0.3 is 0 Å². The zero-order chi connectivity index (χ0) is 11.4. The van der Waals surface area contributed by atoms with Crippen LogP contribution in [0.25, 0.3) is 0 Å². The summed E-state index contributed by atoms with van der Waals surface area (Å²) >= 11 is 5.93. The van der Waals surface area contributed by atoms with E-state index in [0.717, 1.165) is 38.7 Å². The van der Waals surface area contributed by atoms with E-state index in [2.05, 4.69) is 14.5 Å². The lowest BCUT2D eigenvalue weighted by atomic mass is 10.2. The molecule has 0 bridgehead atoms. The molecule has 0 aliphatic carbocycles. The van der Waals surface area contributed by atoms with Crippen LogP contribution >= 0.6 is 11.6 Å². The summed E-state index contributed by atoms with van der Waals surface area (Å²) in [5.41, 5.74) is 0. The third-order valence-electron chi connectivity index (χ3n) is 3.08. The Bertz CT molecular complexity index is 329. The molecule has 1 fully saturated rings. The summed E-state index contributed by atoms with van der Waals surface area (Å²) in [5, 5.41) is 0. The molecule has 1 saturated heterocycles. The van der Waals surface area contributed by atoms with Crippen LogP contribution in [0.1, 0.15) is 5.82 Å². The Labute approximate surface area is 101 Å². The van der Waals surface area contributed by atoms with E-state index in [1.165, 1.54) is 0 Å². The first kappa shape index (κ1) is 11.9. The van der Waals surface area contributed by atoms with Gasteiger partial charge in [0.05, 0.1) is 13.2 Å². The fourth-order valence-electron chi connectivity index (χ4n) is 2.00. The van der Waals surface area contributed by atoms with Gasteiger partial charge in [0.25, 0.3) is 0 Å². The first-order chi connectivity index (χ1) is 7.81. The number of hydrogen-bond donors (Lipinski definition) is 0. The lowest BCUT2D eigenvalue weighted by molar-refractivity contribution is -0.000391. The number of morpholine rings is 1. The topological polar surface area (TPSA) is 30.3 Å². The maximum atomic E-state index is 5.93. The van der Waals surface area contributed by atoms with Gasteiger partial charge in [-0.05, 0) is 6.92 Å². The van der Waals surface area contributed by atoms with Gasteiger partial charge in [0, 0.05) is 43.9 Å². The van der Waals surface area contributed by atoms with Crippen molar-refractivity contribution in [1.82, 2.24) is 14.5 Å². The molecule has 0 radical (unpaired) electrons. The van der Waals surface area contributed by atoms with Crippen LogP contribution in [0.5, 0.6) is 0 Å². The molecule has 1 aliphatic heterocycles. The van der Waals surface area contributed by atoms with Crippen molar-refractivity contribution in [1.29, 1.82) is 0 Å². The van der Waals surface area contributed by atoms with Crippen LogP contribution in [0.15, 0.2) is 12.4 Å². The maximum absolute atomic E-state index is 5.93. The molecular weight excluding hydrogens is 226 g/mol. The Hall–Kier alpha value is -0.580. The molecule has 1 atom stereocenters. The van der Waals surface area contributed by atoms with Crippen molar-refractivity contribution >= 4 is 11.6 Å². The number of rotatable bonds is 4. The number of alkyl halides is 1. The molecular formula is C11H18ClN3O. The van der Waals surface area contributed by atoms with Crippen molar-refractivity contribution in [3.8, 4) is 0 Å². The minimum absolute atomic E-state index is 0.360. The Morgan fingerprint density at radius 2 is 2.44 bits per heavy atom. The summed E-state index contributed by atoms with van der Waals surface area (Å²) in [7, 11) is 0. The molecule has 4 nitrogen and oxygen atoms in total. The quantitative estimate of drug-likeness (QED) is 0.743. The average Bonchev–Trinajstić information content (AvgIpc) is 2.72. The van der Waals surface area contributed by atoms with Crippen LogP contribution in [0.3, 0.4) is 0 Å². The second-order valence-corrected chi connectivity index (χ2v) is 4.40. The fourth-order valence-corrected chi connectivity index (χ4v) is 2.29. The summed E-state index contributed by atoms with van der Waals surface area (Å²) in [6.07, 6.45) is 3.86. The van der Waals surface area contributed by atoms with Crippen LogP contribution in [0.4, 0.5) is 0 Å². The Morgan fingerprint density at radius 1 is 1.56 bits per heavy atom. The van der Waals surface area contributed by atoms with Crippen LogP contribution in [-0.2, 0) is 11.3 Å². The predicted molar refractivity (Wildman–Crippen MR) is 63.9 cm³/mol. The summed E-state index contributed by atoms with van der Waals surface area (Å²) in [6.45, 7) is 6.56.